The molecule has 32 heteroatoms. The van der Waals surface area contributed by atoms with Gasteiger partial charge in [0.05, 0.1) is 37.2 Å². The van der Waals surface area contributed by atoms with E-state index in [0.717, 1.165) is 24.3 Å². The molecule has 0 aliphatic rings. The number of phenolic OH excluding ortho intramolecular Hbond substituents is 15. The number of nitrogens with zero attached hydrogens (tertiary/aromatic N) is 1. The topological polar surface area (TPSA) is 568 Å². The summed E-state index contributed by atoms with van der Waals surface area (Å²) in [4.78, 5) is 82.1. The van der Waals surface area contributed by atoms with E-state index in [0.29, 0.717) is 72.1 Å². The van der Waals surface area contributed by atoms with E-state index in [-0.39, 0.29) is 124 Å². The van der Waals surface area contributed by atoms with Gasteiger partial charge in [0.1, 0.15) is 62.3 Å². The minimum atomic E-state index is -0.836. The largest absolute Gasteiger partial charge is 0.508 e. The fourth-order valence-electron chi connectivity index (χ4n) is 12.1. The van der Waals surface area contributed by atoms with Gasteiger partial charge in [0.25, 0.3) is 0 Å². The fraction of sp³-hybridized carbons (Fsp3) is 0. The van der Waals surface area contributed by atoms with Crippen molar-refractivity contribution >= 4 is 71.5 Å². The summed E-state index contributed by atoms with van der Waals surface area (Å²) < 4.78 is 33.3. The van der Waals surface area contributed by atoms with Gasteiger partial charge < -0.3 is 113 Å². The molecule has 0 aliphatic carbocycles. The maximum atomic E-state index is 12.1. The van der Waals surface area contributed by atoms with Crippen molar-refractivity contribution in [2.45, 2.75) is 0 Å². The molecule has 0 unspecified atom stereocenters. The fourth-order valence-corrected chi connectivity index (χ4v) is 12.1. The first-order chi connectivity index (χ1) is 58.3. The SMILES string of the molecule is O=c1c(O)c(-c2cc(O)c(O)c(O)c2)oc2ccccc12.O=c1c(O)c(-c2ccc(O)c(O)c2)oc2ccccc12.O=c1cc(-c2cc(O)c(O)c(O)c2)oc2ccccc12.O=c1cc(-c2cc(O)c(O)c([N+](=O)[O-])c2)oc2ccccc12.O=c1cc(-c2ccc(O)c(O)c2)oc2ccc(O)cc12.O=c1cc(-c2ccc(O)c(O)c2)oc2ccccc12. The van der Waals surface area contributed by atoms with Crippen LogP contribution in [0.15, 0.2) is 310 Å². The standard InChI is InChI=1S/C15H9NO6.C15H10O6.3C15H10O5.C15H10O4/c17-11-7-14(22-13-4-2-1-3-9(11)13)8-5-10(16(20)21)15(19)12(18)6-8;16-9-5-7(6-10(17)13(9)19)15-14(20)12(18)8-3-1-2-4-11(8)21-15;16-9-2-4-14-10(6-9)12(18)7-15(20-14)8-1-3-11(17)13(19)5-8;16-10-7-14(20-13-4-2-1-3-9(10)13)8-5-11(17)15(19)12(18)6-8;16-10-6-5-8(7-11(10)17)15-14(19)13(18)9-3-1-2-4-12(9)20-15;16-11-6-5-9(7-13(11)18)15-8-12(17)10-3-1-2-4-14(10)19-15/h1-7,18-19H;1-6,16-17,19-20H;1-7,16-17,19H;1-7,17-19H;1-7,16-17,19H;1-8,16,18H. The quantitative estimate of drug-likeness (QED) is 0.0400. The van der Waals surface area contributed by atoms with Crippen molar-refractivity contribution < 1.29 is 118 Å². The summed E-state index contributed by atoms with van der Waals surface area (Å²) in [6.45, 7) is 0. The number of fused-ring (bicyclic) bond motifs is 6. The molecule has 0 saturated carbocycles. The van der Waals surface area contributed by atoms with Crippen LogP contribution < -0.4 is 32.6 Å². The van der Waals surface area contributed by atoms with Crippen LogP contribution >= 0.6 is 0 Å². The van der Waals surface area contributed by atoms with Crippen molar-refractivity contribution in [2.75, 3.05) is 0 Å². The first kappa shape index (κ1) is 81.9. The molecule has 32 nitrogen and oxygen atoms in total. The van der Waals surface area contributed by atoms with Gasteiger partial charge in [-0.1, -0.05) is 60.7 Å². The van der Waals surface area contributed by atoms with E-state index >= 15 is 0 Å². The predicted octanol–water partition coefficient (Wildman–Crippen LogP) is 15.7. The molecule has 0 aliphatic heterocycles. The number of aromatic hydroxyl groups is 17. The van der Waals surface area contributed by atoms with Crippen LogP contribution in [0.25, 0.3) is 134 Å². The molecule has 6 aromatic heterocycles. The highest BCUT2D eigenvalue weighted by Gasteiger charge is 2.24. The third-order valence-corrected chi connectivity index (χ3v) is 18.2. The van der Waals surface area contributed by atoms with Crippen LogP contribution in [0.5, 0.6) is 97.7 Å². The van der Waals surface area contributed by atoms with Gasteiger partial charge in [-0.15, -0.1) is 0 Å². The number of rotatable bonds is 7. The molecule has 6 heterocycles. The van der Waals surface area contributed by atoms with Gasteiger partial charge in [0.2, 0.25) is 28.1 Å². The van der Waals surface area contributed by atoms with Crippen LogP contribution in [0.3, 0.4) is 0 Å². The summed E-state index contributed by atoms with van der Waals surface area (Å²) in [6.07, 6.45) is 0. The number of nitro groups is 1. The average Bonchev–Trinajstić information content (AvgIpc) is 0.783. The minimum Gasteiger partial charge on any atom is -0.508 e. The molecule has 0 saturated heterocycles. The smallest absolute Gasteiger partial charge is 0.315 e. The molecule has 0 atom stereocenters. The molecule has 17 N–H and O–H groups in total. The van der Waals surface area contributed by atoms with Crippen LogP contribution in [0.1, 0.15) is 0 Å². The Morgan fingerprint density at radius 3 is 0.869 bits per heavy atom. The van der Waals surface area contributed by atoms with Gasteiger partial charge in [0.15, 0.2) is 108 Å². The van der Waals surface area contributed by atoms with Crippen molar-refractivity contribution in [2.24, 2.45) is 0 Å². The third-order valence-electron chi connectivity index (χ3n) is 18.2. The second kappa shape index (κ2) is 34.1. The van der Waals surface area contributed by atoms with E-state index in [1.54, 1.807) is 121 Å². The van der Waals surface area contributed by atoms with Crippen molar-refractivity contribution in [3.8, 4) is 166 Å². The number of nitro benzene ring substituents is 1. The summed E-state index contributed by atoms with van der Waals surface area (Å²) in [7, 11) is 0. The number of benzene rings is 12. The highest BCUT2D eigenvalue weighted by atomic mass is 16.6. The predicted molar refractivity (Wildman–Crippen MR) is 442 cm³/mol. The van der Waals surface area contributed by atoms with Crippen molar-refractivity contribution in [1.82, 2.24) is 0 Å². The second-order valence-electron chi connectivity index (χ2n) is 26.2. The third kappa shape index (κ3) is 17.3. The Kier molecular flexibility index (Phi) is 22.9. The molecule has 18 aromatic rings. The molecule has 0 amide bonds. The van der Waals surface area contributed by atoms with Crippen molar-refractivity contribution in [3.05, 3.63) is 326 Å². The number of hydrogen-bond acceptors (Lipinski definition) is 31. The maximum Gasteiger partial charge on any atom is 0.315 e. The molecular formula is C90H59NO31. The van der Waals surface area contributed by atoms with Gasteiger partial charge in [-0.3, -0.25) is 38.9 Å². The minimum absolute atomic E-state index is 0.0140. The Bertz CT molecular complexity index is 7540. The van der Waals surface area contributed by atoms with E-state index in [9.17, 15) is 126 Å². The first-order valence-corrected chi connectivity index (χ1v) is 35.4. The van der Waals surface area contributed by atoms with E-state index in [4.69, 9.17) is 26.5 Å². The van der Waals surface area contributed by atoms with E-state index in [1.807, 2.05) is 0 Å². The van der Waals surface area contributed by atoms with Gasteiger partial charge in [-0.05, 0) is 164 Å². The second-order valence-corrected chi connectivity index (χ2v) is 26.2. The summed E-state index contributed by atoms with van der Waals surface area (Å²) in [5, 5.41) is 174. The maximum absolute atomic E-state index is 12.1. The van der Waals surface area contributed by atoms with E-state index < -0.39 is 79.0 Å². The molecule has 12 aromatic carbocycles. The molecule has 0 radical (unpaired) electrons. The van der Waals surface area contributed by atoms with Crippen LogP contribution in [0, 0.1) is 10.1 Å². The zero-order valence-corrected chi connectivity index (χ0v) is 62.0. The number of hydrogen-bond donors (Lipinski definition) is 17. The van der Waals surface area contributed by atoms with Crippen LogP contribution in [0.2, 0.25) is 0 Å². The first-order valence-electron chi connectivity index (χ1n) is 35.4. The normalized spacial score (nSPS) is 10.8. The van der Waals surface area contributed by atoms with Gasteiger partial charge in [0, 0.05) is 63.7 Å². The summed E-state index contributed by atoms with van der Waals surface area (Å²) in [5.41, 5.74) is 1.03. The zero-order chi connectivity index (χ0) is 87.2. The van der Waals surface area contributed by atoms with Crippen molar-refractivity contribution in [1.29, 1.82) is 0 Å². The van der Waals surface area contributed by atoms with Gasteiger partial charge in [-0.2, -0.15) is 0 Å². The molecule has 18 rings (SSSR count). The summed E-state index contributed by atoms with van der Waals surface area (Å²) in [6, 6.07) is 61.5. The Morgan fingerprint density at radius 2 is 0.500 bits per heavy atom. The average molecular weight is 1650 g/mol. The highest BCUT2D eigenvalue weighted by molar-refractivity contribution is 5.87. The van der Waals surface area contributed by atoms with Crippen LogP contribution in [0.4, 0.5) is 5.69 Å². The highest BCUT2D eigenvalue weighted by Crippen LogP contribution is 2.44. The number of phenols is 15. The van der Waals surface area contributed by atoms with Crippen LogP contribution in [-0.4, -0.2) is 91.7 Å². The van der Waals surface area contributed by atoms with Crippen molar-refractivity contribution in [3.63, 3.8) is 0 Å². The van der Waals surface area contributed by atoms with E-state index in [1.165, 1.54) is 109 Å². The van der Waals surface area contributed by atoms with E-state index in [2.05, 4.69) is 0 Å². The Hall–Kier alpha value is -18.1. The zero-order valence-electron chi connectivity index (χ0n) is 62.0. The molecule has 0 fully saturated rings. The lowest BCUT2D eigenvalue weighted by Crippen LogP contribution is -2.02. The molecular weight excluding hydrogens is 1590 g/mol. The molecule has 610 valence electrons. The molecule has 0 bridgehead atoms. The Morgan fingerprint density at radius 1 is 0.221 bits per heavy atom. The Balaban J connectivity index is 0.000000126. The monoisotopic (exact) mass is 1650 g/mol. The lowest BCUT2D eigenvalue weighted by molar-refractivity contribution is -0.385. The molecule has 122 heavy (non-hydrogen) atoms. The Labute approximate surface area is 678 Å². The summed E-state index contributed by atoms with van der Waals surface area (Å²) >= 11 is 0. The lowest BCUT2D eigenvalue weighted by atomic mass is 10.1. The number of para-hydroxylation sites is 5. The van der Waals surface area contributed by atoms with Crippen LogP contribution in [-0.2, 0) is 0 Å². The lowest BCUT2D eigenvalue weighted by Gasteiger charge is -2.08. The molecule has 0 spiro atoms. The van der Waals surface area contributed by atoms with Gasteiger partial charge >= 0.3 is 5.69 Å². The summed E-state index contributed by atoms with van der Waals surface area (Å²) in [5.74, 6) is -7.24. The van der Waals surface area contributed by atoms with Gasteiger partial charge in [-0.25, -0.2) is 0 Å².